The molecule has 4 nitrogen and oxygen atoms in total. The van der Waals surface area contributed by atoms with Crippen molar-refractivity contribution >= 4 is 5.91 Å². The maximum absolute atomic E-state index is 10.8. The van der Waals surface area contributed by atoms with Crippen molar-refractivity contribution in [2.24, 2.45) is 16.9 Å². The standard InChI is InChI=1S/C11H25N3O/c1-10(2,3)7-11(4,5)14-6-8(12)9(13)15/h8,14H,6-7,12H2,1-5H3,(H2,13,15). The second kappa shape index (κ2) is 4.94. The van der Waals surface area contributed by atoms with Crippen LogP contribution in [0.4, 0.5) is 0 Å². The van der Waals surface area contributed by atoms with Gasteiger partial charge in [-0.1, -0.05) is 20.8 Å². The van der Waals surface area contributed by atoms with Crippen LogP contribution in [0.1, 0.15) is 41.0 Å². The second-order valence-electron chi connectivity index (χ2n) is 6.01. The molecular weight excluding hydrogens is 190 g/mol. The lowest BCUT2D eigenvalue weighted by atomic mass is 9.82. The predicted octanol–water partition coefficient (Wildman–Crippen LogP) is 0.603. The first-order chi connectivity index (χ1) is 6.53. The van der Waals surface area contributed by atoms with Gasteiger partial charge in [-0.05, 0) is 25.7 Å². The van der Waals surface area contributed by atoms with Crippen LogP contribution in [0.15, 0.2) is 0 Å². The summed E-state index contributed by atoms with van der Waals surface area (Å²) < 4.78 is 0. The first kappa shape index (κ1) is 14.4. The van der Waals surface area contributed by atoms with Crippen molar-refractivity contribution in [2.75, 3.05) is 6.54 Å². The molecule has 0 bridgehead atoms. The van der Waals surface area contributed by atoms with Crippen LogP contribution in [0.25, 0.3) is 0 Å². The van der Waals surface area contributed by atoms with Gasteiger partial charge in [0.25, 0.3) is 0 Å². The van der Waals surface area contributed by atoms with Gasteiger partial charge in [0.15, 0.2) is 0 Å². The predicted molar refractivity (Wildman–Crippen MR) is 63.3 cm³/mol. The van der Waals surface area contributed by atoms with E-state index in [1.807, 2.05) is 0 Å². The van der Waals surface area contributed by atoms with Crippen molar-refractivity contribution in [3.63, 3.8) is 0 Å². The second-order valence-corrected chi connectivity index (χ2v) is 6.01. The Balaban J connectivity index is 4.10. The largest absolute Gasteiger partial charge is 0.368 e. The third-order valence-electron chi connectivity index (χ3n) is 2.14. The average Bonchev–Trinajstić information content (AvgIpc) is 1.95. The zero-order valence-electron chi connectivity index (χ0n) is 10.6. The molecule has 1 amide bonds. The van der Waals surface area contributed by atoms with E-state index < -0.39 is 11.9 Å². The zero-order valence-corrected chi connectivity index (χ0v) is 10.6. The number of nitrogens with one attached hydrogen (secondary N) is 1. The van der Waals surface area contributed by atoms with Gasteiger partial charge in [0.2, 0.25) is 5.91 Å². The molecule has 0 aromatic heterocycles. The summed E-state index contributed by atoms with van der Waals surface area (Å²) in [6, 6.07) is -0.607. The van der Waals surface area contributed by atoms with Gasteiger partial charge < -0.3 is 16.8 Å². The van der Waals surface area contributed by atoms with Gasteiger partial charge in [0, 0.05) is 12.1 Å². The van der Waals surface area contributed by atoms with E-state index >= 15 is 0 Å². The zero-order chi connectivity index (χ0) is 12.3. The SMILES string of the molecule is CC(C)(C)CC(C)(C)NCC(N)C(N)=O. The maximum Gasteiger partial charge on any atom is 0.235 e. The summed E-state index contributed by atoms with van der Waals surface area (Å²) in [5.74, 6) is -0.464. The third kappa shape index (κ3) is 7.33. The Bertz CT molecular complexity index is 218. The van der Waals surface area contributed by atoms with Crippen molar-refractivity contribution in [3.8, 4) is 0 Å². The van der Waals surface area contributed by atoms with Gasteiger partial charge in [-0.3, -0.25) is 4.79 Å². The van der Waals surface area contributed by atoms with Crippen LogP contribution < -0.4 is 16.8 Å². The molecule has 0 saturated heterocycles. The van der Waals surface area contributed by atoms with Crippen molar-refractivity contribution in [2.45, 2.75) is 52.6 Å². The van der Waals surface area contributed by atoms with E-state index in [0.29, 0.717) is 6.54 Å². The highest BCUT2D eigenvalue weighted by atomic mass is 16.1. The fourth-order valence-electron chi connectivity index (χ4n) is 1.88. The van der Waals surface area contributed by atoms with Gasteiger partial charge in [-0.15, -0.1) is 0 Å². The van der Waals surface area contributed by atoms with Crippen LogP contribution in [0.2, 0.25) is 0 Å². The molecule has 15 heavy (non-hydrogen) atoms. The van der Waals surface area contributed by atoms with Gasteiger partial charge in [-0.25, -0.2) is 0 Å². The van der Waals surface area contributed by atoms with E-state index in [0.717, 1.165) is 6.42 Å². The molecule has 0 saturated carbocycles. The number of nitrogens with two attached hydrogens (primary N) is 2. The number of hydrogen-bond donors (Lipinski definition) is 3. The molecule has 0 aromatic rings. The number of carbonyl (C=O) groups is 1. The molecule has 0 aliphatic carbocycles. The number of rotatable bonds is 5. The Kier molecular flexibility index (Phi) is 4.74. The van der Waals surface area contributed by atoms with Gasteiger partial charge >= 0.3 is 0 Å². The first-order valence-corrected chi connectivity index (χ1v) is 5.33. The van der Waals surface area contributed by atoms with E-state index in [1.165, 1.54) is 0 Å². The third-order valence-corrected chi connectivity index (χ3v) is 2.14. The highest BCUT2D eigenvalue weighted by molar-refractivity contribution is 5.79. The monoisotopic (exact) mass is 215 g/mol. The van der Waals surface area contributed by atoms with E-state index in [9.17, 15) is 4.79 Å². The minimum atomic E-state index is -0.607. The van der Waals surface area contributed by atoms with E-state index in [-0.39, 0.29) is 11.0 Å². The average molecular weight is 215 g/mol. The van der Waals surface area contributed by atoms with Crippen molar-refractivity contribution in [1.82, 2.24) is 5.32 Å². The Morgan fingerprint density at radius 2 is 1.73 bits per heavy atom. The van der Waals surface area contributed by atoms with Crippen LogP contribution in [0, 0.1) is 5.41 Å². The molecular formula is C11H25N3O. The fourth-order valence-corrected chi connectivity index (χ4v) is 1.88. The molecule has 4 heteroatoms. The molecule has 0 fully saturated rings. The number of amides is 1. The lowest BCUT2D eigenvalue weighted by molar-refractivity contribution is -0.119. The van der Waals surface area contributed by atoms with Crippen molar-refractivity contribution < 1.29 is 4.79 Å². The fraction of sp³-hybridized carbons (Fsp3) is 0.909. The molecule has 0 heterocycles. The van der Waals surface area contributed by atoms with Gasteiger partial charge in [0.1, 0.15) is 0 Å². The quantitative estimate of drug-likeness (QED) is 0.628. The summed E-state index contributed by atoms with van der Waals surface area (Å²) in [4.78, 5) is 10.8. The molecule has 0 spiro atoms. The molecule has 0 radical (unpaired) electrons. The van der Waals surface area contributed by atoms with Crippen LogP contribution >= 0.6 is 0 Å². The Labute approximate surface area is 92.8 Å². The van der Waals surface area contributed by atoms with Crippen LogP contribution in [0.3, 0.4) is 0 Å². The normalized spacial score (nSPS) is 15.1. The molecule has 90 valence electrons. The minimum absolute atomic E-state index is 0.0364. The molecule has 0 aliphatic rings. The van der Waals surface area contributed by atoms with E-state index in [2.05, 4.69) is 39.9 Å². The van der Waals surface area contributed by atoms with Crippen molar-refractivity contribution in [1.29, 1.82) is 0 Å². The summed E-state index contributed by atoms with van der Waals surface area (Å²) >= 11 is 0. The number of carbonyl (C=O) groups excluding carboxylic acids is 1. The van der Waals surface area contributed by atoms with E-state index in [4.69, 9.17) is 11.5 Å². The Morgan fingerprint density at radius 1 is 1.27 bits per heavy atom. The topological polar surface area (TPSA) is 81.1 Å². The lowest BCUT2D eigenvalue weighted by Gasteiger charge is -2.34. The molecule has 5 N–H and O–H groups in total. The van der Waals surface area contributed by atoms with Crippen LogP contribution in [0.5, 0.6) is 0 Å². The van der Waals surface area contributed by atoms with Crippen molar-refractivity contribution in [3.05, 3.63) is 0 Å². The molecule has 1 unspecified atom stereocenters. The smallest absolute Gasteiger partial charge is 0.235 e. The summed E-state index contributed by atoms with van der Waals surface area (Å²) in [5, 5.41) is 3.27. The van der Waals surface area contributed by atoms with Gasteiger partial charge in [0.05, 0.1) is 6.04 Å². The molecule has 0 aliphatic heterocycles. The number of hydrogen-bond acceptors (Lipinski definition) is 3. The summed E-state index contributed by atoms with van der Waals surface area (Å²) in [6.45, 7) is 11.2. The van der Waals surface area contributed by atoms with Gasteiger partial charge in [-0.2, -0.15) is 0 Å². The van der Waals surface area contributed by atoms with Crippen LogP contribution in [-0.4, -0.2) is 24.0 Å². The molecule has 1 atom stereocenters. The summed E-state index contributed by atoms with van der Waals surface area (Å²) in [7, 11) is 0. The lowest BCUT2D eigenvalue weighted by Crippen LogP contribution is -2.51. The Hall–Kier alpha value is -0.610. The maximum atomic E-state index is 10.8. The molecule has 0 rings (SSSR count). The number of primary amides is 1. The van der Waals surface area contributed by atoms with Crippen LogP contribution in [-0.2, 0) is 4.79 Å². The first-order valence-electron chi connectivity index (χ1n) is 5.33. The summed E-state index contributed by atoms with van der Waals surface area (Å²) in [6.07, 6.45) is 1.01. The Morgan fingerprint density at radius 3 is 2.07 bits per heavy atom. The highest BCUT2D eigenvalue weighted by Gasteiger charge is 2.25. The summed E-state index contributed by atoms with van der Waals surface area (Å²) in [5.41, 5.74) is 10.8. The highest BCUT2D eigenvalue weighted by Crippen LogP contribution is 2.26. The molecule has 0 aromatic carbocycles. The van der Waals surface area contributed by atoms with E-state index in [1.54, 1.807) is 0 Å². The minimum Gasteiger partial charge on any atom is -0.368 e.